The van der Waals surface area contributed by atoms with Crippen LogP contribution in [0.4, 0.5) is 4.79 Å². The summed E-state index contributed by atoms with van der Waals surface area (Å²) in [5.74, 6) is -0.952. The molecule has 0 radical (unpaired) electrons. The number of urea groups is 1. The van der Waals surface area contributed by atoms with E-state index in [1.807, 2.05) is 11.0 Å². The molecular formula is C16H22N2O3. The Morgan fingerprint density at radius 1 is 1.10 bits per heavy atom. The van der Waals surface area contributed by atoms with Crippen LogP contribution in [0, 0.1) is 0 Å². The first-order valence-electron chi connectivity index (χ1n) is 7.52. The molecule has 2 rings (SSSR count). The van der Waals surface area contributed by atoms with Gasteiger partial charge in [0.1, 0.15) is 0 Å². The summed E-state index contributed by atoms with van der Waals surface area (Å²) >= 11 is 0. The zero-order valence-electron chi connectivity index (χ0n) is 12.2. The predicted octanol–water partition coefficient (Wildman–Crippen LogP) is 2.86. The van der Waals surface area contributed by atoms with Crippen LogP contribution in [-0.4, -0.2) is 35.1 Å². The highest BCUT2D eigenvalue weighted by molar-refractivity contribution is 5.87. The van der Waals surface area contributed by atoms with Gasteiger partial charge in [0.05, 0.1) is 5.56 Å². The standard InChI is InChI=1S/C16H22N2O3/c19-15(20)14-8-6-7-13(11-14)12-17-16(21)18-9-4-2-1-3-5-10-18/h6-8,11H,1-5,9-10,12H2,(H,17,21)(H,19,20). The number of hydrogen-bond acceptors (Lipinski definition) is 2. The van der Waals surface area contributed by atoms with Gasteiger partial charge in [-0.15, -0.1) is 0 Å². The van der Waals surface area contributed by atoms with Crippen LogP contribution in [0.2, 0.25) is 0 Å². The fourth-order valence-electron chi connectivity index (χ4n) is 2.55. The molecule has 1 saturated heterocycles. The molecule has 0 aromatic heterocycles. The molecule has 1 heterocycles. The van der Waals surface area contributed by atoms with Gasteiger partial charge in [-0.05, 0) is 30.5 Å². The van der Waals surface area contributed by atoms with Crippen molar-refractivity contribution < 1.29 is 14.7 Å². The number of likely N-dealkylation sites (tertiary alicyclic amines) is 1. The minimum Gasteiger partial charge on any atom is -0.478 e. The molecular weight excluding hydrogens is 268 g/mol. The molecule has 1 aromatic rings. The second-order valence-corrected chi connectivity index (χ2v) is 5.42. The van der Waals surface area contributed by atoms with E-state index in [4.69, 9.17) is 5.11 Å². The third-order valence-corrected chi connectivity index (χ3v) is 3.76. The summed E-state index contributed by atoms with van der Waals surface area (Å²) in [5.41, 5.74) is 1.04. The normalized spacial score (nSPS) is 15.9. The summed E-state index contributed by atoms with van der Waals surface area (Å²) < 4.78 is 0. The molecule has 5 nitrogen and oxygen atoms in total. The molecule has 1 aromatic carbocycles. The fourth-order valence-corrected chi connectivity index (χ4v) is 2.55. The maximum atomic E-state index is 12.2. The van der Waals surface area contributed by atoms with Crippen molar-refractivity contribution in [2.75, 3.05) is 13.1 Å². The lowest BCUT2D eigenvalue weighted by atomic mass is 10.1. The first-order valence-corrected chi connectivity index (χ1v) is 7.52. The van der Waals surface area contributed by atoms with E-state index in [0.717, 1.165) is 31.5 Å². The molecule has 0 bridgehead atoms. The average Bonchev–Trinajstić information content (AvgIpc) is 2.44. The zero-order chi connectivity index (χ0) is 15.1. The molecule has 0 atom stereocenters. The number of nitrogens with zero attached hydrogens (tertiary/aromatic N) is 1. The molecule has 0 unspecified atom stereocenters. The van der Waals surface area contributed by atoms with Crippen LogP contribution in [0.1, 0.15) is 48.0 Å². The molecule has 0 aliphatic carbocycles. The SMILES string of the molecule is O=C(O)c1cccc(CNC(=O)N2CCCCCCC2)c1. The van der Waals surface area contributed by atoms with Gasteiger partial charge >= 0.3 is 12.0 Å². The molecule has 0 spiro atoms. The van der Waals surface area contributed by atoms with Crippen LogP contribution in [0.3, 0.4) is 0 Å². The third-order valence-electron chi connectivity index (χ3n) is 3.76. The molecule has 21 heavy (non-hydrogen) atoms. The summed E-state index contributed by atoms with van der Waals surface area (Å²) in [4.78, 5) is 24.9. The van der Waals surface area contributed by atoms with Gasteiger partial charge in [-0.3, -0.25) is 0 Å². The van der Waals surface area contributed by atoms with Gasteiger partial charge in [-0.25, -0.2) is 9.59 Å². The topological polar surface area (TPSA) is 69.6 Å². The summed E-state index contributed by atoms with van der Waals surface area (Å²) in [7, 11) is 0. The number of nitrogens with one attached hydrogen (secondary N) is 1. The summed E-state index contributed by atoms with van der Waals surface area (Å²) in [5, 5.41) is 11.8. The molecule has 2 amide bonds. The molecule has 1 aliphatic rings. The monoisotopic (exact) mass is 290 g/mol. The van der Waals surface area contributed by atoms with Crippen molar-refractivity contribution in [3.05, 3.63) is 35.4 Å². The summed E-state index contributed by atoms with van der Waals surface area (Å²) in [6.07, 6.45) is 5.75. The van der Waals surface area contributed by atoms with Gasteiger partial charge in [-0.1, -0.05) is 31.4 Å². The maximum Gasteiger partial charge on any atom is 0.335 e. The number of carbonyl (C=O) groups excluding carboxylic acids is 1. The fraction of sp³-hybridized carbons (Fsp3) is 0.500. The van der Waals surface area contributed by atoms with E-state index in [1.54, 1.807) is 18.2 Å². The number of carboxylic acid groups (broad SMARTS) is 1. The Bertz CT molecular complexity index is 494. The summed E-state index contributed by atoms with van der Waals surface area (Å²) in [6.45, 7) is 1.97. The summed E-state index contributed by atoms with van der Waals surface area (Å²) in [6, 6.07) is 6.60. The minimum atomic E-state index is -0.952. The number of aromatic carboxylic acids is 1. The van der Waals surface area contributed by atoms with Crippen molar-refractivity contribution in [1.29, 1.82) is 0 Å². The molecule has 0 saturated carbocycles. The van der Waals surface area contributed by atoms with E-state index in [0.29, 0.717) is 6.54 Å². The van der Waals surface area contributed by atoms with Gasteiger partial charge in [-0.2, -0.15) is 0 Å². The third kappa shape index (κ3) is 4.77. The van der Waals surface area contributed by atoms with Crippen LogP contribution in [0.25, 0.3) is 0 Å². The smallest absolute Gasteiger partial charge is 0.335 e. The highest BCUT2D eigenvalue weighted by atomic mass is 16.4. The molecule has 1 fully saturated rings. The Morgan fingerprint density at radius 3 is 2.43 bits per heavy atom. The first-order chi connectivity index (χ1) is 10.2. The van der Waals surface area contributed by atoms with E-state index in [2.05, 4.69) is 5.32 Å². The lowest BCUT2D eigenvalue weighted by molar-refractivity contribution is 0.0696. The van der Waals surface area contributed by atoms with Crippen LogP contribution in [0.15, 0.2) is 24.3 Å². The van der Waals surface area contributed by atoms with Gasteiger partial charge in [0.25, 0.3) is 0 Å². The quantitative estimate of drug-likeness (QED) is 0.899. The van der Waals surface area contributed by atoms with Gasteiger partial charge < -0.3 is 15.3 Å². The zero-order valence-corrected chi connectivity index (χ0v) is 12.2. The van der Waals surface area contributed by atoms with E-state index in [9.17, 15) is 9.59 Å². The van der Waals surface area contributed by atoms with Crippen LogP contribution >= 0.6 is 0 Å². The second-order valence-electron chi connectivity index (χ2n) is 5.42. The van der Waals surface area contributed by atoms with Crippen molar-refractivity contribution in [2.24, 2.45) is 0 Å². The van der Waals surface area contributed by atoms with E-state index in [-0.39, 0.29) is 11.6 Å². The molecule has 114 valence electrons. The van der Waals surface area contributed by atoms with Gasteiger partial charge in [0, 0.05) is 19.6 Å². The lowest BCUT2D eigenvalue weighted by Gasteiger charge is -2.25. The van der Waals surface area contributed by atoms with E-state index >= 15 is 0 Å². The average molecular weight is 290 g/mol. The number of carboxylic acids is 1. The predicted molar refractivity (Wildman–Crippen MR) is 80.3 cm³/mol. The largest absolute Gasteiger partial charge is 0.478 e. The van der Waals surface area contributed by atoms with Crippen LogP contribution in [0.5, 0.6) is 0 Å². The molecule has 2 N–H and O–H groups in total. The number of amides is 2. The number of carbonyl (C=O) groups is 2. The Labute approximate surface area is 125 Å². The van der Waals surface area contributed by atoms with E-state index < -0.39 is 5.97 Å². The Kier molecular flexibility index (Phi) is 5.60. The number of benzene rings is 1. The van der Waals surface area contributed by atoms with Gasteiger partial charge in [0.15, 0.2) is 0 Å². The lowest BCUT2D eigenvalue weighted by Crippen LogP contribution is -2.41. The molecule has 5 heteroatoms. The van der Waals surface area contributed by atoms with E-state index in [1.165, 1.54) is 19.3 Å². The van der Waals surface area contributed by atoms with Crippen molar-refractivity contribution >= 4 is 12.0 Å². The minimum absolute atomic E-state index is 0.0578. The Morgan fingerprint density at radius 2 is 1.76 bits per heavy atom. The Hall–Kier alpha value is -2.04. The highest BCUT2D eigenvalue weighted by Crippen LogP contribution is 2.11. The highest BCUT2D eigenvalue weighted by Gasteiger charge is 2.14. The van der Waals surface area contributed by atoms with Crippen molar-refractivity contribution in [1.82, 2.24) is 10.2 Å². The van der Waals surface area contributed by atoms with Gasteiger partial charge in [0.2, 0.25) is 0 Å². The van der Waals surface area contributed by atoms with Crippen molar-refractivity contribution in [2.45, 2.75) is 38.6 Å². The maximum absolute atomic E-state index is 12.2. The Balaban J connectivity index is 1.87. The van der Waals surface area contributed by atoms with Crippen molar-refractivity contribution in [3.8, 4) is 0 Å². The van der Waals surface area contributed by atoms with Crippen molar-refractivity contribution in [3.63, 3.8) is 0 Å². The number of hydrogen-bond donors (Lipinski definition) is 2. The number of rotatable bonds is 3. The first kappa shape index (κ1) is 15.4. The van der Waals surface area contributed by atoms with Crippen LogP contribution in [-0.2, 0) is 6.54 Å². The van der Waals surface area contributed by atoms with Crippen LogP contribution < -0.4 is 5.32 Å². The molecule has 1 aliphatic heterocycles. The second kappa shape index (κ2) is 7.67.